The Balaban J connectivity index is 1.53. The Kier molecular flexibility index (Phi) is 6.01. The van der Waals surface area contributed by atoms with E-state index in [1.54, 1.807) is 22.8 Å². The fourth-order valence-corrected chi connectivity index (χ4v) is 3.29. The predicted octanol–water partition coefficient (Wildman–Crippen LogP) is 1.93. The van der Waals surface area contributed by atoms with Gasteiger partial charge in [0.05, 0.1) is 12.7 Å². The highest BCUT2D eigenvalue weighted by molar-refractivity contribution is 5.91. The number of hydrogen-bond acceptors (Lipinski definition) is 4. The monoisotopic (exact) mass is 367 g/mol. The van der Waals surface area contributed by atoms with E-state index in [-0.39, 0.29) is 17.7 Å². The van der Waals surface area contributed by atoms with Gasteiger partial charge in [0.25, 0.3) is 5.91 Å². The maximum absolute atomic E-state index is 12.6. The molecule has 27 heavy (non-hydrogen) atoms. The summed E-state index contributed by atoms with van der Waals surface area (Å²) < 4.78 is 1.64. The zero-order chi connectivity index (χ0) is 19.2. The molecule has 1 aromatic carbocycles. The maximum Gasteiger partial charge on any atom is 0.275 e. The number of likely N-dealkylation sites (tertiary alicyclic amines) is 1. The second-order valence-electron chi connectivity index (χ2n) is 6.83. The van der Waals surface area contributed by atoms with E-state index in [9.17, 15) is 9.59 Å². The number of aromatic nitrogens is 3. The van der Waals surface area contributed by atoms with Crippen molar-refractivity contribution in [3.63, 3.8) is 0 Å². The van der Waals surface area contributed by atoms with Gasteiger partial charge in [-0.15, -0.1) is 5.10 Å². The molecular weight excluding hydrogens is 342 g/mol. The standard InChI is InChI=1S/C20H25N5O2/c1-3-24-14-17(12-19(24)26)13-23(2)20(27)18-15-25(22-21-18)11-7-10-16-8-5-4-6-9-16/h4-10,15,17H,3,11-14H2,1-2H3/b10-7+/t17-/m1/s1. The van der Waals surface area contributed by atoms with E-state index in [1.807, 2.05) is 54.3 Å². The van der Waals surface area contributed by atoms with Crippen molar-refractivity contribution in [2.24, 2.45) is 5.92 Å². The van der Waals surface area contributed by atoms with Gasteiger partial charge in [-0.25, -0.2) is 4.68 Å². The molecule has 1 aliphatic heterocycles. The minimum atomic E-state index is -0.171. The molecule has 0 N–H and O–H groups in total. The molecular formula is C20H25N5O2. The number of rotatable bonds is 7. The molecule has 0 unspecified atom stereocenters. The average molecular weight is 367 g/mol. The molecule has 1 aliphatic rings. The summed E-state index contributed by atoms with van der Waals surface area (Å²) in [5.74, 6) is 0.172. The molecule has 7 nitrogen and oxygen atoms in total. The molecule has 0 radical (unpaired) electrons. The van der Waals surface area contributed by atoms with Crippen LogP contribution in [0.4, 0.5) is 0 Å². The summed E-state index contributed by atoms with van der Waals surface area (Å²) in [6, 6.07) is 9.99. The first-order valence-electron chi connectivity index (χ1n) is 9.21. The normalized spacial score (nSPS) is 17.0. The Labute approximate surface area is 159 Å². The summed E-state index contributed by atoms with van der Waals surface area (Å²) in [7, 11) is 1.75. The van der Waals surface area contributed by atoms with Crippen molar-refractivity contribution in [2.45, 2.75) is 19.9 Å². The van der Waals surface area contributed by atoms with Crippen molar-refractivity contribution < 1.29 is 9.59 Å². The maximum atomic E-state index is 12.6. The second-order valence-corrected chi connectivity index (χ2v) is 6.83. The predicted molar refractivity (Wildman–Crippen MR) is 103 cm³/mol. The molecule has 2 aromatic rings. The van der Waals surface area contributed by atoms with Crippen LogP contribution in [0.1, 0.15) is 29.4 Å². The van der Waals surface area contributed by atoms with E-state index < -0.39 is 0 Å². The molecule has 142 valence electrons. The average Bonchev–Trinajstić information content (AvgIpc) is 3.28. The summed E-state index contributed by atoms with van der Waals surface area (Å²) in [5, 5.41) is 8.02. The lowest BCUT2D eigenvalue weighted by molar-refractivity contribution is -0.127. The lowest BCUT2D eigenvalue weighted by atomic mass is 10.1. The molecule has 2 amide bonds. The lowest BCUT2D eigenvalue weighted by Crippen LogP contribution is -2.33. The van der Waals surface area contributed by atoms with Crippen LogP contribution in [0.5, 0.6) is 0 Å². The molecule has 1 saturated heterocycles. The number of nitrogens with zero attached hydrogens (tertiary/aromatic N) is 5. The minimum Gasteiger partial charge on any atom is -0.343 e. The molecule has 0 bridgehead atoms. The van der Waals surface area contributed by atoms with Gasteiger partial charge in [0.15, 0.2) is 5.69 Å². The molecule has 1 atom stereocenters. The van der Waals surface area contributed by atoms with Crippen molar-refractivity contribution >= 4 is 17.9 Å². The van der Waals surface area contributed by atoms with Crippen molar-refractivity contribution in [3.05, 3.63) is 53.9 Å². The topological polar surface area (TPSA) is 71.3 Å². The van der Waals surface area contributed by atoms with E-state index in [2.05, 4.69) is 10.3 Å². The molecule has 0 spiro atoms. The zero-order valence-electron chi connectivity index (χ0n) is 15.8. The summed E-state index contributed by atoms with van der Waals surface area (Å²) in [6.45, 7) is 4.49. The van der Waals surface area contributed by atoms with Gasteiger partial charge in [-0.3, -0.25) is 9.59 Å². The highest BCUT2D eigenvalue weighted by Crippen LogP contribution is 2.18. The third-order valence-corrected chi connectivity index (χ3v) is 4.72. The largest absolute Gasteiger partial charge is 0.343 e. The fourth-order valence-electron chi connectivity index (χ4n) is 3.29. The van der Waals surface area contributed by atoms with Crippen molar-refractivity contribution in [1.29, 1.82) is 0 Å². The SMILES string of the molecule is CCN1C[C@@H](CN(C)C(=O)c2cn(C/C=C/c3ccccc3)nn2)CC1=O. The van der Waals surface area contributed by atoms with Crippen LogP contribution in [0, 0.1) is 5.92 Å². The number of benzene rings is 1. The first kappa shape index (κ1) is 18.8. The van der Waals surface area contributed by atoms with E-state index in [4.69, 9.17) is 0 Å². The van der Waals surface area contributed by atoms with Gasteiger partial charge in [0, 0.05) is 39.0 Å². The quantitative estimate of drug-likeness (QED) is 0.750. The van der Waals surface area contributed by atoms with Gasteiger partial charge >= 0.3 is 0 Å². The van der Waals surface area contributed by atoms with Crippen molar-refractivity contribution in [2.75, 3.05) is 26.7 Å². The molecule has 0 aliphatic carbocycles. The number of allylic oxidation sites excluding steroid dienone is 1. The summed E-state index contributed by atoms with van der Waals surface area (Å²) in [4.78, 5) is 27.9. The summed E-state index contributed by atoms with van der Waals surface area (Å²) in [5.41, 5.74) is 1.43. The van der Waals surface area contributed by atoms with Crippen LogP contribution in [-0.4, -0.2) is 63.3 Å². The molecule has 1 aromatic heterocycles. The Morgan fingerprint density at radius 1 is 1.33 bits per heavy atom. The van der Waals surface area contributed by atoms with E-state index in [1.165, 1.54) is 0 Å². The van der Waals surface area contributed by atoms with Crippen molar-refractivity contribution in [1.82, 2.24) is 24.8 Å². The zero-order valence-corrected chi connectivity index (χ0v) is 15.8. The first-order valence-corrected chi connectivity index (χ1v) is 9.21. The van der Waals surface area contributed by atoms with Gasteiger partial charge in [0.2, 0.25) is 5.91 Å². The Hall–Kier alpha value is -2.96. The highest BCUT2D eigenvalue weighted by atomic mass is 16.2. The van der Waals surface area contributed by atoms with Crippen LogP contribution in [0.2, 0.25) is 0 Å². The van der Waals surface area contributed by atoms with Crippen molar-refractivity contribution in [3.8, 4) is 0 Å². The third kappa shape index (κ3) is 4.81. The van der Waals surface area contributed by atoms with Crippen LogP contribution < -0.4 is 0 Å². The van der Waals surface area contributed by atoms with Crippen LogP contribution in [-0.2, 0) is 11.3 Å². The van der Waals surface area contributed by atoms with E-state index in [0.717, 1.165) is 12.1 Å². The molecule has 7 heteroatoms. The Morgan fingerprint density at radius 2 is 2.11 bits per heavy atom. The summed E-state index contributed by atoms with van der Waals surface area (Å²) >= 11 is 0. The Morgan fingerprint density at radius 3 is 2.81 bits per heavy atom. The smallest absolute Gasteiger partial charge is 0.275 e. The fraction of sp³-hybridized carbons (Fsp3) is 0.400. The van der Waals surface area contributed by atoms with Crippen LogP contribution in [0.3, 0.4) is 0 Å². The van der Waals surface area contributed by atoms with Gasteiger partial charge in [-0.2, -0.15) is 0 Å². The Bertz CT molecular complexity index is 815. The molecule has 0 saturated carbocycles. The molecule has 1 fully saturated rings. The number of amides is 2. The number of hydrogen-bond donors (Lipinski definition) is 0. The van der Waals surface area contributed by atoms with Crippen LogP contribution in [0.25, 0.3) is 6.08 Å². The second kappa shape index (κ2) is 8.62. The molecule has 3 rings (SSSR count). The number of carbonyl (C=O) groups is 2. The van der Waals surface area contributed by atoms with Crippen LogP contribution in [0.15, 0.2) is 42.6 Å². The van der Waals surface area contributed by atoms with Crippen LogP contribution >= 0.6 is 0 Å². The third-order valence-electron chi connectivity index (χ3n) is 4.72. The number of carbonyl (C=O) groups excluding carboxylic acids is 2. The van der Waals surface area contributed by atoms with Gasteiger partial charge in [-0.1, -0.05) is 47.7 Å². The highest BCUT2D eigenvalue weighted by Gasteiger charge is 2.30. The van der Waals surface area contributed by atoms with Gasteiger partial charge in [-0.05, 0) is 12.5 Å². The van der Waals surface area contributed by atoms with Gasteiger partial charge < -0.3 is 9.80 Å². The van der Waals surface area contributed by atoms with Gasteiger partial charge in [0.1, 0.15) is 0 Å². The lowest BCUT2D eigenvalue weighted by Gasteiger charge is -2.20. The minimum absolute atomic E-state index is 0.166. The van der Waals surface area contributed by atoms with E-state index >= 15 is 0 Å². The molecule has 2 heterocycles. The first-order chi connectivity index (χ1) is 13.1. The van der Waals surface area contributed by atoms with E-state index in [0.29, 0.717) is 31.7 Å². The summed E-state index contributed by atoms with van der Waals surface area (Å²) in [6.07, 6.45) is 6.14.